The van der Waals surface area contributed by atoms with E-state index in [1.165, 1.54) is 37.8 Å². The summed E-state index contributed by atoms with van der Waals surface area (Å²) in [6.07, 6.45) is 0. The van der Waals surface area contributed by atoms with Gasteiger partial charge in [0.1, 0.15) is 11.5 Å². The fraction of sp³-hybridized carbons (Fsp3) is 0. The van der Waals surface area contributed by atoms with Crippen molar-refractivity contribution in [3.05, 3.63) is 364 Å². The second-order valence-corrected chi connectivity index (χ2v) is 26.6. The molecule has 0 radical (unpaired) electrons. The van der Waals surface area contributed by atoms with E-state index in [0.29, 0.717) is 0 Å². The SMILES string of the molecule is c1ccc(-c2ccc(N(c3cccc(-c4ccccc4)c3)c3cc4c5c(c3)N(c3c(-c6ccccc6)cccc3-c3ccccc3)c3cc6c(cc3B5c3ccccc3N4c3ccccc3)B3c4ccccc4Oc4cc(N(c5ccccc5)c5ccccc5)cc(c43)S6)cc2)cc1. The van der Waals surface area contributed by atoms with Gasteiger partial charge in [0.25, 0.3) is 13.4 Å². The molecular formula is C90H60B2N4OS. The molecule has 0 unspecified atom stereocenters. The molecule has 4 heterocycles. The van der Waals surface area contributed by atoms with E-state index < -0.39 is 0 Å². The zero-order chi connectivity index (χ0) is 64.6. The molecule has 15 aromatic carbocycles. The number of rotatable bonds is 12. The van der Waals surface area contributed by atoms with Gasteiger partial charge in [0.05, 0.1) is 17.1 Å². The van der Waals surface area contributed by atoms with Crippen molar-refractivity contribution in [3.63, 3.8) is 0 Å². The Morgan fingerprint density at radius 2 is 0.724 bits per heavy atom. The van der Waals surface area contributed by atoms with E-state index >= 15 is 0 Å². The van der Waals surface area contributed by atoms with Gasteiger partial charge in [-0.1, -0.05) is 278 Å². The maximum Gasteiger partial charge on any atom is 0.253 e. The molecule has 98 heavy (non-hydrogen) atoms. The van der Waals surface area contributed by atoms with E-state index in [2.05, 4.69) is 384 Å². The minimum atomic E-state index is -0.209. The van der Waals surface area contributed by atoms with Crippen LogP contribution in [0.2, 0.25) is 0 Å². The number of hydrogen-bond donors (Lipinski definition) is 0. The Kier molecular flexibility index (Phi) is 14.0. The molecule has 458 valence electrons. The van der Waals surface area contributed by atoms with Crippen molar-refractivity contribution in [3.8, 4) is 56.0 Å². The standard InChI is InChI=1S/C90H60B2N4OS/c1-8-28-61(29-9-1)63-50-52-70(53-51-63)94(71-43-26-36-66(54-71)62-30-10-2-11-31-62)72-55-82-88-83(56-72)96(90-74(64-32-12-3-13-33-64)44-27-45-75(90)65-34-14-4-15-35-65)81-60-86-79(59-78(81)91(88)76-46-22-24-48-80(76)95(82)69-41-20-7-21-42-69)92-77-47-23-25-49-84(77)97-85-57-73(58-87(98-86)89(85)92)93(67-37-16-5-17-38-67)68-39-18-6-19-40-68/h1-60H. The molecule has 5 nitrogen and oxygen atoms in total. The van der Waals surface area contributed by atoms with Crippen LogP contribution < -0.4 is 57.1 Å². The molecule has 0 aromatic heterocycles. The monoisotopic (exact) mass is 1270 g/mol. The number of nitrogens with zero attached hydrogens (tertiary/aromatic N) is 4. The molecule has 0 spiro atoms. The molecule has 0 saturated carbocycles. The van der Waals surface area contributed by atoms with Gasteiger partial charge in [-0.2, -0.15) is 0 Å². The van der Waals surface area contributed by atoms with Gasteiger partial charge in [-0.05, 0) is 158 Å². The lowest BCUT2D eigenvalue weighted by atomic mass is 9.31. The lowest BCUT2D eigenvalue weighted by Gasteiger charge is -2.46. The normalized spacial score (nSPS) is 12.7. The van der Waals surface area contributed by atoms with Gasteiger partial charge in [-0.25, -0.2) is 0 Å². The van der Waals surface area contributed by atoms with Gasteiger partial charge in [0, 0.05) is 78.2 Å². The Labute approximate surface area is 576 Å². The smallest absolute Gasteiger partial charge is 0.253 e. The van der Waals surface area contributed by atoms with E-state index in [4.69, 9.17) is 4.74 Å². The molecule has 19 rings (SSSR count). The van der Waals surface area contributed by atoms with Crippen LogP contribution in [0.1, 0.15) is 0 Å². The molecule has 0 N–H and O–H groups in total. The maximum absolute atomic E-state index is 7.21. The molecule has 0 amide bonds. The summed E-state index contributed by atoms with van der Waals surface area (Å²) in [5, 5.41) is 0. The predicted octanol–water partition coefficient (Wildman–Crippen LogP) is 20.5. The minimum Gasteiger partial charge on any atom is -0.458 e. The van der Waals surface area contributed by atoms with Gasteiger partial charge in [0.15, 0.2) is 0 Å². The van der Waals surface area contributed by atoms with Crippen molar-refractivity contribution >= 4 is 126 Å². The van der Waals surface area contributed by atoms with E-state index in [9.17, 15) is 0 Å². The van der Waals surface area contributed by atoms with Crippen molar-refractivity contribution in [2.45, 2.75) is 9.79 Å². The summed E-state index contributed by atoms with van der Waals surface area (Å²) >= 11 is 1.86. The molecule has 0 fully saturated rings. The fourth-order valence-corrected chi connectivity index (χ4v) is 16.8. The second kappa shape index (κ2) is 23.9. The number of anilines is 12. The molecule has 0 bridgehead atoms. The minimum absolute atomic E-state index is 0.135. The van der Waals surface area contributed by atoms with Gasteiger partial charge in [-0.3, -0.25) is 0 Å². The Bertz CT molecular complexity index is 5440. The van der Waals surface area contributed by atoms with Crippen molar-refractivity contribution in [2.24, 2.45) is 0 Å². The third kappa shape index (κ3) is 9.66. The molecule has 8 heteroatoms. The van der Waals surface area contributed by atoms with E-state index in [1.807, 2.05) is 11.8 Å². The average molecular weight is 1270 g/mol. The number of para-hydroxylation sites is 6. The van der Waals surface area contributed by atoms with E-state index in [0.717, 1.165) is 129 Å². The Morgan fingerprint density at radius 3 is 1.37 bits per heavy atom. The van der Waals surface area contributed by atoms with Crippen LogP contribution >= 0.6 is 11.8 Å². The topological polar surface area (TPSA) is 22.2 Å². The third-order valence-corrected chi connectivity index (χ3v) is 21.0. The molecule has 4 aliphatic heterocycles. The maximum atomic E-state index is 7.21. The lowest BCUT2D eigenvalue weighted by molar-refractivity contribution is 0.486. The summed E-state index contributed by atoms with van der Waals surface area (Å²) in [4.78, 5) is 12.4. The van der Waals surface area contributed by atoms with Crippen molar-refractivity contribution < 1.29 is 4.74 Å². The van der Waals surface area contributed by atoms with Crippen LogP contribution in [0.5, 0.6) is 11.5 Å². The number of fused-ring (bicyclic) bond motifs is 8. The second-order valence-electron chi connectivity index (χ2n) is 25.5. The number of benzene rings is 15. The molecular weight excluding hydrogens is 1210 g/mol. The molecule has 4 aliphatic rings. The highest BCUT2D eigenvalue weighted by atomic mass is 32.2. The largest absolute Gasteiger partial charge is 0.458 e. The van der Waals surface area contributed by atoms with Crippen LogP contribution in [-0.4, -0.2) is 13.4 Å². The highest BCUT2D eigenvalue weighted by Crippen LogP contribution is 2.54. The molecule has 0 aliphatic carbocycles. The molecule has 15 aromatic rings. The van der Waals surface area contributed by atoms with Crippen molar-refractivity contribution in [2.75, 3.05) is 19.6 Å². The summed E-state index contributed by atoms with van der Waals surface area (Å²) in [7, 11) is 0. The zero-order valence-electron chi connectivity index (χ0n) is 53.4. The van der Waals surface area contributed by atoms with Gasteiger partial charge in [-0.15, -0.1) is 0 Å². The Hall–Kier alpha value is -12.2. The van der Waals surface area contributed by atoms with Gasteiger partial charge in [0.2, 0.25) is 0 Å². The lowest BCUT2D eigenvalue weighted by Crippen LogP contribution is -2.64. The molecule has 0 saturated heterocycles. The van der Waals surface area contributed by atoms with E-state index in [-0.39, 0.29) is 13.4 Å². The quantitative estimate of drug-likeness (QED) is 0.113. The first-order valence-electron chi connectivity index (χ1n) is 33.6. The number of hydrogen-bond acceptors (Lipinski definition) is 6. The summed E-state index contributed by atoms with van der Waals surface area (Å²) < 4.78 is 7.21. The number of ether oxygens (including phenoxy) is 1. The summed E-state index contributed by atoms with van der Waals surface area (Å²) in [5.74, 6) is 1.74. The summed E-state index contributed by atoms with van der Waals surface area (Å²) in [6, 6.07) is 134. The van der Waals surface area contributed by atoms with Crippen LogP contribution in [0.15, 0.2) is 374 Å². The van der Waals surface area contributed by atoms with Gasteiger partial charge >= 0.3 is 0 Å². The van der Waals surface area contributed by atoms with Crippen LogP contribution in [0.4, 0.5) is 68.2 Å². The van der Waals surface area contributed by atoms with Crippen LogP contribution in [0.25, 0.3) is 44.5 Å². The Balaban J connectivity index is 0.923. The van der Waals surface area contributed by atoms with Crippen LogP contribution in [0, 0.1) is 0 Å². The summed E-state index contributed by atoms with van der Waals surface area (Å²) in [5.41, 5.74) is 29.4. The predicted molar refractivity (Wildman–Crippen MR) is 413 cm³/mol. The van der Waals surface area contributed by atoms with Gasteiger partial charge < -0.3 is 24.3 Å². The first-order chi connectivity index (χ1) is 48.6. The zero-order valence-corrected chi connectivity index (χ0v) is 54.2. The van der Waals surface area contributed by atoms with Crippen molar-refractivity contribution in [1.29, 1.82) is 0 Å². The highest BCUT2D eigenvalue weighted by molar-refractivity contribution is 8.00. The first-order valence-corrected chi connectivity index (χ1v) is 34.4. The average Bonchev–Trinajstić information content (AvgIpc) is 0.687. The highest BCUT2D eigenvalue weighted by Gasteiger charge is 2.48. The molecule has 0 atom stereocenters. The van der Waals surface area contributed by atoms with Crippen LogP contribution in [0.3, 0.4) is 0 Å². The Morgan fingerprint density at radius 1 is 0.255 bits per heavy atom. The summed E-state index contributed by atoms with van der Waals surface area (Å²) in [6.45, 7) is -0.344. The first kappa shape index (κ1) is 57.2. The fourth-order valence-electron chi connectivity index (χ4n) is 15.6. The third-order valence-electron chi connectivity index (χ3n) is 19.9. The van der Waals surface area contributed by atoms with Crippen LogP contribution in [-0.2, 0) is 0 Å². The van der Waals surface area contributed by atoms with Crippen molar-refractivity contribution in [1.82, 2.24) is 0 Å². The van der Waals surface area contributed by atoms with E-state index in [1.54, 1.807) is 0 Å².